The number of rotatable bonds is 5. The second-order valence-corrected chi connectivity index (χ2v) is 5.87. The summed E-state index contributed by atoms with van der Waals surface area (Å²) < 4.78 is 30.0. The molecule has 0 saturated carbocycles. The van der Waals surface area contributed by atoms with Gasteiger partial charge in [-0.05, 0) is 36.4 Å². The number of halogens is 5. The van der Waals surface area contributed by atoms with E-state index in [2.05, 4.69) is 26.0 Å². The van der Waals surface area contributed by atoms with Gasteiger partial charge >= 0.3 is 6.61 Å². The van der Waals surface area contributed by atoms with Crippen molar-refractivity contribution < 1.29 is 13.5 Å². The molecule has 0 spiro atoms. The minimum absolute atomic E-state index is 0.110. The Hall–Kier alpha value is -1.04. The Morgan fingerprint density at radius 2 is 1.90 bits per heavy atom. The fourth-order valence-corrected chi connectivity index (χ4v) is 2.49. The summed E-state index contributed by atoms with van der Waals surface area (Å²) in [5.74, 6) is 0.110. The summed E-state index contributed by atoms with van der Waals surface area (Å²) in [7, 11) is 0. The molecule has 0 heterocycles. The van der Waals surface area contributed by atoms with Crippen LogP contribution < -0.4 is 10.1 Å². The molecule has 2 aromatic rings. The van der Waals surface area contributed by atoms with Gasteiger partial charge in [0.05, 0.1) is 10.7 Å². The molecule has 0 atom stereocenters. The van der Waals surface area contributed by atoms with Gasteiger partial charge in [-0.25, -0.2) is 0 Å². The van der Waals surface area contributed by atoms with Gasteiger partial charge in [0.1, 0.15) is 5.75 Å². The second kappa shape index (κ2) is 7.29. The maximum atomic E-state index is 12.4. The van der Waals surface area contributed by atoms with Crippen LogP contribution in [-0.4, -0.2) is 6.61 Å². The van der Waals surface area contributed by atoms with E-state index in [9.17, 15) is 8.78 Å². The monoisotopic (exact) mass is 395 g/mol. The molecule has 0 amide bonds. The number of ether oxygens (including phenoxy) is 1. The van der Waals surface area contributed by atoms with Gasteiger partial charge < -0.3 is 10.1 Å². The van der Waals surface area contributed by atoms with Gasteiger partial charge in [-0.3, -0.25) is 0 Å². The summed E-state index contributed by atoms with van der Waals surface area (Å²) in [6.07, 6.45) is 0. The highest BCUT2D eigenvalue weighted by Gasteiger charge is 2.11. The number of benzene rings is 2. The number of nitrogens with one attached hydrogen (secondary N) is 1. The van der Waals surface area contributed by atoms with Crippen molar-refractivity contribution in [1.82, 2.24) is 0 Å². The van der Waals surface area contributed by atoms with Crippen LogP contribution in [0, 0.1) is 0 Å². The highest BCUT2D eigenvalue weighted by atomic mass is 79.9. The molecule has 0 saturated heterocycles. The van der Waals surface area contributed by atoms with E-state index in [1.54, 1.807) is 30.3 Å². The third-order valence-electron chi connectivity index (χ3n) is 2.64. The van der Waals surface area contributed by atoms with Gasteiger partial charge in [-0.1, -0.05) is 39.1 Å². The lowest BCUT2D eigenvalue weighted by atomic mass is 10.2. The Labute approximate surface area is 139 Å². The zero-order valence-electron chi connectivity index (χ0n) is 10.5. The van der Waals surface area contributed by atoms with Gasteiger partial charge in [-0.2, -0.15) is 8.78 Å². The van der Waals surface area contributed by atoms with Crippen LogP contribution in [0.25, 0.3) is 0 Å². The van der Waals surface area contributed by atoms with Crippen LogP contribution >= 0.6 is 39.1 Å². The van der Waals surface area contributed by atoms with Crippen LogP contribution in [0.1, 0.15) is 5.56 Å². The van der Waals surface area contributed by atoms with Crippen molar-refractivity contribution in [2.75, 3.05) is 5.32 Å². The minimum atomic E-state index is -2.88. The van der Waals surface area contributed by atoms with Gasteiger partial charge in [0.15, 0.2) is 0 Å². The maximum Gasteiger partial charge on any atom is 0.387 e. The number of hydrogen-bond acceptors (Lipinski definition) is 2. The predicted molar refractivity (Wildman–Crippen MR) is 84.6 cm³/mol. The Kier molecular flexibility index (Phi) is 5.67. The normalized spacial score (nSPS) is 10.8. The van der Waals surface area contributed by atoms with Crippen molar-refractivity contribution in [3.05, 3.63) is 56.5 Å². The molecule has 0 fully saturated rings. The van der Waals surface area contributed by atoms with Crippen molar-refractivity contribution >= 4 is 44.8 Å². The third kappa shape index (κ3) is 4.73. The SMILES string of the molecule is FC(F)Oc1ccc(Br)cc1CNc1cc(Cl)ccc1Cl. The van der Waals surface area contributed by atoms with Crippen LogP contribution in [0.4, 0.5) is 14.5 Å². The average molecular weight is 397 g/mol. The number of anilines is 1. The second-order valence-electron chi connectivity index (χ2n) is 4.11. The Bertz CT molecular complexity index is 640. The molecule has 0 aliphatic heterocycles. The first-order valence-electron chi connectivity index (χ1n) is 5.88. The summed E-state index contributed by atoms with van der Waals surface area (Å²) in [5, 5.41) is 4.07. The van der Waals surface area contributed by atoms with Crippen LogP contribution in [0.5, 0.6) is 5.75 Å². The quantitative estimate of drug-likeness (QED) is 0.672. The first kappa shape index (κ1) is 16.3. The molecule has 2 aromatic carbocycles. The summed E-state index contributed by atoms with van der Waals surface area (Å²) in [6, 6.07) is 9.79. The Morgan fingerprint density at radius 3 is 2.62 bits per heavy atom. The van der Waals surface area contributed by atoms with Crippen LogP contribution in [0.15, 0.2) is 40.9 Å². The molecule has 0 aromatic heterocycles. The van der Waals surface area contributed by atoms with Crippen LogP contribution in [-0.2, 0) is 6.54 Å². The highest BCUT2D eigenvalue weighted by molar-refractivity contribution is 9.10. The molecular formula is C14H10BrCl2F2NO. The first-order valence-corrected chi connectivity index (χ1v) is 7.43. The molecule has 21 heavy (non-hydrogen) atoms. The average Bonchev–Trinajstić information content (AvgIpc) is 2.42. The van der Waals surface area contributed by atoms with Crippen molar-refractivity contribution in [3.8, 4) is 5.75 Å². The van der Waals surface area contributed by atoms with E-state index in [4.69, 9.17) is 23.2 Å². The molecule has 0 radical (unpaired) electrons. The van der Waals surface area contributed by atoms with Gasteiger partial charge in [0.25, 0.3) is 0 Å². The molecule has 0 unspecified atom stereocenters. The molecule has 0 bridgehead atoms. The van der Waals surface area contributed by atoms with Crippen molar-refractivity contribution in [3.63, 3.8) is 0 Å². The van der Waals surface area contributed by atoms with Crippen LogP contribution in [0.3, 0.4) is 0 Å². The summed E-state index contributed by atoms with van der Waals surface area (Å²) in [6.45, 7) is -2.61. The zero-order valence-corrected chi connectivity index (χ0v) is 13.6. The van der Waals surface area contributed by atoms with Gasteiger partial charge in [0, 0.05) is 21.6 Å². The Morgan fingerprint density at radius 1 is 1.14 bits per heavy atom. The van der Waals surface area contributed by atoms with E-state index in [1.807, 2.05) is 0 Å². The largest absolute Gasteiger partial charge is 0.434 e. The van der Waals surface area contributed by atoms with Gasteiger partial charge in [-0.15, -0.1) is 0 Å². The molecule has 0 aliphatic carbocycles. The smallest absolute Gasteiger partial charge is 0.387 e. The maximum absolute atomic E-state index is 12.4. The molecule has 0 aliphatic rings. The van der Waals surface area contributed by atoms with Crippen LogP contribution in [0.2, 0.25) is 10.0 Å². The fraction of sp³-hybridized carbons (Fsp3) is 0.143. The van der Waals surface area contributed by atoms with E-state index >= 15 is 0 Å². The molecule has 7 heteroatoms. The first-order chi connectivity index (χ1) is 9.95. The lowest BCUT2D eigenvalue weighted by Gasteiger charge is -2.13. The number of alkyl halides is 2. The fourth-order valence-electron chi connectivity index (χ4n) is 1.72. The van der Waals surface area contributed by atoms with E-state index in [0.717, 1.165) is 4.47 Å². The third-order valence-corrected chi connectivity index (χ3v) is 3.69. The predicted octanol–water partition coefficient (Wildman–Crippen LogP) is 5.97. The van der Waals surface area contributed by atoms with E-state index < -0.39 is 6.61 Å². The summed E-state index contributed by atoms with van der Waals surface area (Å²) >= 11 is 15.2. The Balaban J connectivity index is 2.18. The standard InChI is InChI=1S/C14H10BrCl2F2NO/c15-9-1-4-13(21-14(18)19)8(5-9)7-20-12-6-10(16)2-3-11(12)17/h1-6,14,20H,7H2. The number of hydrogen-bond donors (Lipinski definition) is 1. The molecule has 1 N–H and O–H groups in total. The summed E-state index contributed by atoms with van der Waals surface area (Å²) in [5.41, 5.74) is 1.19. The zero-order chi connectivity index (χ0) is 15.4. The molecule has 2 nitrogen and oxygen atoms in total. The van der Waals surface area contributed by atoms with Crippen molar-refractivity contribution in [1.29, 1.82) is 0 Å². The summed E-state index contributed by atoms with van der Waals surface area (Å²) in [4.78, 5) is 0. The molecular weight excluding hydrogens is 387 g/mol. The van der Waals surface area contributed by atoms with E-state index in [-0.39, 0.29) is 12.3 Å². The van der Waals surface area contributed by atoms with E-state index in [0.29, 0.717) is 21.3 Å². The lowest BCUT2D eigenvalue weighted by molar-refractivity contribution is -0.0504. The topological polar surface area (TPSA) is 21.3 Å². The lowest BCUT2D eigenvalue weighted by Crippen LogP contribution is -2.07. The van der Waals surface area contributed by atoms with E-state index in [1.165, 1.54) is 6.07 Å². The highest BCUT2D eigenvalue weighted by Crippen LogP contribution is 2.29. The van der Waals surface area contributed by atoms with Gasteiger partial charge in [0.2, 0.25) is 0 Å². The van der Waals surface area contributed by atoms with Crippen molar-refractivity contribution in [2.45, 2.75) is 13.2 Å². The minimum Gasteiger partial charge on any atom is -0.434 e. The molecule has 112 valence electrons. The molecule has 2 rings (SSSR count). The van der Waals surface area contributed by atoms with Crippen molar-refractivity contribution in [2.24, 2.45) is 0 Å².